The van der Waals surface area contributed by atoms with Crippen LogP contribution in [-0.2, 0) is 13.0 Å². The third-order valence-electron chi connectivity index (χ3n) is 5.77. The van der Waals surface area contributed by atoms with Crippen LogP contribution in [0.2, 0.25) is 0 Å². The highest BCUT2D eigenvalue weighted by Gasteiger charge is 2.22. The van der Waals surface area contributed by atoms with Gasteiger partial charge in [0.1, 0.15) is 11.6 Å². The number of rotatable bonds is 8. The molecule has 0 saturated heterocycles. The van der Waals surface area contributed by atoms with E-state index in [2.05, 4.69) is 53.6 Å². The van der Waals surface area contributed by atoms with Gasteiger partial charge in [0.15, 0.2) is 0 Å². The van der Waals surface area contributed by atoms with Crippen LogP contribution in [-0.4, -0.2) is 16.2 Å². The van der Waals surface area contributed by atoms with Crippen LogP contribution in [0.15, 0.2) is 61.2 Å². The molecule has 28 heavy (non-hydrogen) atoms. The Kier molecular flexibility index (Phi) is 6.11. The van der Waals surface area contributed by atoms with Gasteiger partial charge >= 0.3 is 0 Å². The van der Waals surface area contributed by atoms with Crippen molar-refractivity contribution in [1.29, 1.82) is 0 Å². The second-order valence-corrected chi connectivity index (χ2v) is 7.75. The predicted molar refractivity (Wildman–Crippen MR) is 116 cm³/mol. The Bertz CT molecular complexity index is 921. The molecular weight excluding hydrogens is 344 g/mol. The molecule has 0 unspecified atom stereocenters. The molecule has 1 fully saturated rings. The van der Waals surface area contributed by atoms with Crippen LogP contribution in [0.4, 0.5) is 0 Å². The molecule has 3 aromatic rings. The van der Waals surface area contributed by atoms with Gasteiger partial charge in [-0.1, -0.05) is 55.7 Å². The van der Waals surface area contributed by atoms with E-state index < -0.39 is 0 Å². The molecular formula is C25H30N2O. The number of imidazole rings is 1. The van der Waals surface area contributed by atoms with Crippen LogP contribution in [0.5, 0.6) is 5.75 Å². The Morgan fingerprint density at radius 1 is 1.04 bits per heavy atom. The van der Waals surface area contributed by atoms with Crippen molar-refractivity contribution in [2.45, 2.75) is 57.4 Å². The summed E-state index contributed by atoms with van der Waals surface area (Å²) in [5.74, 6) is 2.87. The largest absolute Gasteiger partial charge is 0.493 e. The third-order valence-corrected chi connectivity index (χ3v) is 5.77. The molecule has 0 bridgehead atoms. The zero-order valence-electron chi connectivity index (χ0n) is 16.6. The zero-order chi connectivity index (χ0) is 19.2. The first kappa shape index (κ1) is 18.8. The topological polar surface area (TPSA) is 27.1 Å². The molecule has 4 rings (SSSR count). The van der Waals surface area contributed by atoms with E-state index in [9.17, 15) is 0 Å². The predicted octanol–water partition coefficient (Wildman–Crippen LogP) is 6.28. The molecule has 1 heterocycles. The highest BCUT2D eigenvalue weighted by molar-refractivity contribution is 5.76. The molecule has 1 aliphatic carbocycles. The number of hydrogen-bond donors (Lipinski definition) is 0. The van der Waals surface area contributed by atoms with E-state index in [0.717, 1.165) is 30.7 Å². The molecule has 0 aliphatic heterocycles. The number of ether oxygens (including phenoxy) is 1. The van der Waals surface area contributed by atoms with Gasteiger partial charge in [0.25, 0.3) is 0 Å². The van der Waals surface area contributed by atoms with Crippen LogP contribution < -0.4 is 4.74 Å². The molecule has 1 aromatic heterocycles. The van der Waals surface area contributed by atoms with Crippen LogP contribution in [0.25, 0.3) is 11.0 Å². The number of hydrogen-bond acceptors (Lipinski definition) is 2. The maximum atomic E-state index is 6.10. The SMILES string of the molecule is C=CCc1ccccc1OCCCn1c(C2CCCCC2)nc2ccccc21. The van der Waals surface area contributed by atoms with Gasteiger partial charge in [-0.2, -0.15) is 0 Å². The van der Waals surface area contributed by atoms with Crippen molar-refractivity contribution in [3.63, 3.8) is 0 Å². The van der Waals surface area contributed by atoms with Crippen molar-refractivity contribution < 1.29 is 4.74 Å². The van der Waals surface area contributed by atoms with E-state index >= 15 is 0 Å². The molecule has 0 spiro atoms. The molecule has 2 aromatic carbocycles. The fraction of sp³-hybridized carbons (Fsp3) is 0.400. The number of aromatic nitrogens is 2. The number of allylic oxidation sites excluding steroid dienone is 1. The first-order valence-electron chi connectivity index (χ1n) is 10.6. The van der Waals surface area contributed by atoms with Crippen molar-refractivity contribution in [1.82, 2.24) is 9.55 Å². The van der Waals surface area contributed by atoms with Gasteiger partial charge in [-0.25, -0.2) is 4.98 Å². The van der Waals surface area contributed by atoms with E-state index in [4.69, 9.17) is 9.72 Å². The van der Waals surface area contributed by atoms with Crippen molar-refractivity contribution in [2.75, 3.05) is 6.61 Å². The fourth-order valence-corrected chi connectivity index (χ4v) is 4.38. The summed E-state index contributed by atoms with van der Waals surface area (Å²) >= 11 is 0. The lowest BCUT2D eigenvalue weighted by Crippen LogP contribution is -2.14. The van der Waals surface area contributed by atoms with E-state index in [1.54, 1.807) is 0 Å². The number of nitrogens with zero attached hydrogens (tertiary/aromatic N) is 2. The van der Waals surface area contributed by atoms with E-state index in [0.29, 0.717) is 12.5 Å². The molecule has 1 aliphatic rings. The molecule has 0 amide bonds. The van der Waals surface area contributed by atoms with Crippen molar-refractivity contribution in [2.24, 2.45) is 0 Å². The van der Waals surface area contributed by atoms with Gasteiger partial charge in [0.2, 0.25) is 0 Å². The summed E-state index contributed by atoms with van der Waals surface area (Å²) in [4.78, 5) is 5.02. The second kappa shape index (κ2) is 9.09. The summed E-state index contributed by atoms with van der Waals surface area (Å²) < 4.78 is 8.55. The highest BCUT2D eigenvalue weighted by Crippen LogP contribution is 2.34. The zero-order valence-corrected chi connectivity index (χ0v) is 16.6. The standard InChI is InChI=1S/C25H30N2O/c1-2-11-20-12-6-9-17-24(20)28-19-10-18-27-23-16-8-7-15-22(23)26-25(27)21-13-4-3-5-14-21/h2,6-9,12,15-17,21H,1,3-5,10-11,13-14,18-19H2. The number of para-hydroxylation sites is 3. The summed E-state index contributed by atoms with van der Waals surface area (Å²) in [6.07, 6.45) is 10.3. The van der Waals surface area contributed by atoms with Crippen LogP contribution in [0, 0.1) is 0 Å². The molecule has 3 nitrogen and oxygen atoms in total. The van der Waals surface area contributed by atoms with E-state index in [1.165, 1.54) is 49.0 Å². The molecule has 0 atom stereocenters. The third kappa shape index (κ3) is 4.14. The fourth-order valence-electron chi connectivity index (χ4n) is 4.38. The van der Waals surface area contributed by atoms with Crippen molar-refractivity contribution >= 4 is 11.0 Å². The molecule has 0 N–H and O–H groups in total. The smallest absolute Gasteiger partial charge is 0.122 e. The quantitative estimate of drug-likeness (QED) is 0.343. The highest BCUT2D eigenvalue weighted by atomic mass is 16.5. The van der Waals surface area contributed by atoms with E-state index in [1.807, 2.05) is 12.1 Å². The lowest BCUT2D eigenvalue weighted by molar-refractivity contribution is 0.297. The van der Waals surface area contributed by atoms with Gasteiger partial charge in [0, 0.05) is 12.5 Å². The maximum Gasteiger partial charge on any atom is 0.122 e. The summed E-state index contributed by atoms with van der Waals surface area (Å²) in [6.45, 7) is 5.51. The van der Waals surface area contributed by atoms with Crippen molar-refractivity contribution in [3.05, 3.63) is 72.6 Å². The van der Waals surface area contributed by atoms with Gasteiger partial charge < -0.3 is 9.30 Å². The van der Waals surface area contributed by atoms with Gasteiger partial charge in [-0.05, 0) is 49.4 Å². The Hall–Kier alpha value is -2.55. The molecule has 146 valence electrons. The minimum Gasteiger partial charge on any atom is -0.493 e. The number of benzene rings is 2. The molecule has 1 saturated carbocycles. The molecule has 0 radical (unpaired) electrons. The van der Waals surface area contributed by atoms with Crippen LogP contribution >= 0.6 is 0 Å². The maximum absolute atomic E-state index is 6.10. The van der Waals surface area contributed by atoms with Crippen molar-refractivity contribution in [3.8, 4) is 5.75 Å². The van der Waals surface area contributed by atoms with Gasteiger partial charge in [-0.3, -0.25) is 0 Å². The Morgan fingerprint density at radius 2 is 1.82 bits per heavy atom. The van der Waals surface area contributed by atoms with Crippen LogP contribution in [0.1, 0.15) is 55.8 Å². The Balaban J connectivity index is 1.46. The summed E-state index contributed by atoms with van der Waals surface area (Å²) in [6, 6.07) is 16.8. The lowest BCUT2D eigenvalue weighted by Gasteiger charge is -2.22. The minimum atomic E-state index is 0.607. The second-order valence-electron chi connectivity index (χ2n) is 7.75. The number of fused-ring (bicyclic) bond motifs is 1. The lowest BCUT2D eigenvalue weighted by atomic mass is 9.88. The average Bonchev–Trinajstić information content (AvgIpc) is 3.12. The average molecular weight is 375 g/mol. The minimum absolute atomic E-state index is 0.607. The number of aryl methyl sites for hydroxylation is 1. The molecule has 3 heteroatoms. The monoisotopic (exact) mass is 374 g/mol. The van der Waals surface area contributed by atoms with Crippen LogP contribution in [0.3, 0.4) is 0 Å². The Labute approximate surface area is 168 Å². The first-order chi connectivity index (χ1) is 13.9. The normalized spacial score (nSPS) is 15.0. The van der Waals surface area contributed by atoms with E-state index in [-0.39, 0.29) is 0 Å². The first-order valence-corrected chi connectivity index (χ1v) is 10.6. The summed E-state index contributed by atoms with van der Waals surface area (Å²) in [5.41, 5.74) is 3.59. The summed E-state index contributed by atoms with van der Waals surface area (Å²) in [5, 5.41) is 0. The van der Waals surface area contributed by atoms with Gasteiger partial charge in [0.05, 0.1) is 17.6 Å². The Morgan fingerprint density at radius 3 is 2.68 bits per heavy atom. The summed E-state index contributed by atoms with van der Waals surface area (Å²) in [7, 11) is 0. The van der Waals surface area contributed by atoms with Gasteiger partial charge in [-0.15, -0.1) is 6.58 Å².